The van der Waals surface area contributed by atoms with Crippen LogP contribution in [0.3, 0.4) is 0 Å². The number of nitrogens with one attached hydrogen (secondary N) is 1. The van der Waals surface area contributed by atoms with Crippen molar-refractivity contribution in [2.75, 3.05) is 11.9 Å². The number of hydrogen-bond acceptors (Lipinski definition) is 1. The van der Waals surface area contributed by atoms with Gasteiger partial charge in [0.25, 0.3) is 0 Å². The molecule has 1 amide bonds. The SMILES string of the molecule is Cc1cccc(CCNC(=O)CCBr)c1. The van der Waals surface area contributed by atoms with E-state index >= 15 is 0 Å². The highest BCUT2D eigenvalue weighted by Crippen LogP contribution is 2.03. The van der Waals surface area contributed by atoms with Crippen molar-refractivity contribution in [1.29, 1.82) is 0 Å². The highest BCUT2D eigenvalue weighted by molar-refractivity contribution is 9.09. The van der Waals surface area contributed by atoms with Gasteiger partial charge in [-0.3, -0.25) is 4.79 Å². The number of carbonyl (C=O) groups excluding carboxylic acids is 1. The third kappa shape index (κ3) is 4.98. The highest BCUT2D eigenvalue weighted by atomic mass is 79.9. The molecule has 0 aliphatic rings. The molecular weight excluding hydrogens is 254 g/mol. The maximum Gasteiger partial charge on any atom is 0.220 e. The van der Waals surface area contributed by atoms with Gasteiger partial charge in [-0.15, -0.1) is 0 Å². The van der Waals surface area contributed by atoms with E-state index in [0.29, 0.717) is 6.42 Å². The average Bonchev–Trinajstić information content (AvgIpc) is 2.18. The van der Waals surface area contributed by atoms with Gasteiger partial charge in [0, 0.05) is 18.3 Å². The van der Waals surface area contributed by atoms with Gasteiger partial charge < -0.3 is 5.32 Å². The summed E-state index contributed by atoms with van der Waals surface area (Å²) in [6.07, 6.45) is 1.45. The lowest BCUT2D eigenvalue weighted by molar-refractivity contribution is -0.120. The molecule has 0 aliphatic carbocycles. The van der Waals surface area contributed by atoms with Crippen molar-refractivity contribution in [3.8, 4) is 0 Å². The lowest BCUT2D eigenvalue weighted by Gasteiger charge is -2.04. The average molecular weight is 270 g/mol. The van der Waals surface area contributed by atoms with Gasteiger partial charge in [0.15, 0.2) is 0 Å². The molecule has 0 spiro atoms. The quantitative estimate of drug-likeness (QED) is 0.818. The highest BCUT2D eigenvalue weighted by Gasteiger charge is 1.99. The van der Waals surface area contributed by atoms with E-state index in [0.717, 1.165) is 18.3 Å². The van der Waals surface area contributed by atoms with Crippen LogP contribution in [0.5, 0.6) is 0 Å². The Balaban J connectivity index is 2.28. The van der Waals surface area contributed by atoms with Crippen LogP contribution >= 0.6 is 15.9 Å². The minimum atomic E-state index is 0.111. The van der Waals surface area contributed by atoms with Crippen molar-refractivity contribution in [2.24, 2.45) is 0 Å². The summed E-state index contributed by atoms with van der Waals surface area (Å²) >= 11 is 3.24. The van der Waals surface area contributed by atoms with Crippen LogP contribution < -0.4 is 5.32 Å². The molecule has 82 valence electrons. The topological polar surface area (TPSA) is 29.1 Å². The third-order valence-corrected chi connectivity index (χ3v) is 2.54. The first kappa shape index (κ1) is 12.2. The summed E-state index contributed by atoms with van der Waals surface area (Å²) in [5.41, 5.74) is 2.54. The van der Waals surface area contributed by atoms with Gasteiger partial charge in [-0.05, 0) is 18.9 Å². The maximum absolute atomic E-state index is 11.2. The molecule has 0 aromatic heterocycles. The second kappa shape index (κ2) is 6.62. The Kier molecular flexibility index (Phi) is 5.40. The van der Waals surface area contributed by atoms with Gasteiger partial charge >= 0.3 is 0 Å². The Bertz CT molecular complexity index is 325. The lowest BCUT2D eigenvalue weighted by Crippen LogP contribution is -2.25. The number of amides is 1. The molecule has 1 aromatic rings. The minimum absolute atomic E-state index is 0.111. The number of aryl methyl sites for hydroxylation is 1. The van der Waals surface area contributed by atoms with Crippen molar-refractivity contribution in [3.63, 3.8) is 0 Å². The van der Waals surface area contributed by atoms with Crippen LogP contribution in [0.1, 0.15) is 17.5 Å². The smallest absolute Gasteiger partial charge is 0.220 e. The molecule has 1 rings (SSSR count). The van der Waals surface area contributed by atoms with E-state index in [9.17, 15) is 4.79 Å². The molecule has 0 saturated heterocycles. The Morgan fingerprint density at radius 1 is 1.47 bits per heavy atom. The fourth-order valence-corrected chi connectivity index (χ4v) is 1.75. The summed E-state index contributed by atoms with van der Waals surface area (Å²) in [6.45, 7) is 2.79. The Labute approximate surface area is 99.2 Å². The van der Waals surface area contributed by atoms with E-state index in [4.69, 9.17) is 0 Å². The number of benzene rings is 1. The van der Waals surface area contributed by atoms with Crippen LogP contribution in [0.25, 0.3) is 0 Å². The molecular formula is C12H16BrNO. The van der Waals surface area contributed by atoms with Crippen LogP contribution in [-0.2, 0) is 11.2 Å². The van der Waals surface area contributed by atoms with Crippen molar-refractivity contribution < 1.29 is 4.79 Å². The largest absolute Gasteiger partial charge is 0.356 e. The van der Waals surface area contributed by atoms with E-state index in [1.807, 2.05) is 6.07 Å². The summed E-state index contributed by atoms with van der Waals surface area (Å²) in [4.78, 5) is 11.2. The van der Waals surface area contributed by atoms with Gasteiger partial charge in [0.05, 0.1) is 0 Å². The molecule has 15 heavy (non-hydrogen) atoms. The second-order valence-corrected chi connectivity index (χ2v) is 4.32. The first-order valence-electron chi connectivity index (χ1n) is 5.10. The van der Waals surface area contributed by atoms with E-state index in [2.05, 4.69) is 46.4 Å². The van der Waals surface area contributed by atoms with Crippen LogP contribution in [0.2, 0.25) is 0 Å². The molecule has 0 aliphatic heterocycles. The zero-order chi connectivity index (χ0) is 11.1. The van der Waals surface area contributed by atoms with Crippen molar-refractivity contribution in [1.82, 2.24) is 5.32 Å². The molecule has 0 radical (unpaired) electrons. The minimum Gasteiger partial charge on any atom is -0.356 e. The van der Waals surface area contributed by atoms with E-state index < -0.39 is 0 Å². The monoisotopic (exact) mass is 269 g/mol. The van der Waals surface area contributed by atoms with Gasteiger partial charge in [0.2, 0.25) is 5.91 Å². The molecule has 0 atom stereocenters. The number of halogens is 1. The Hall–Kier alpha value is -0.830. The van der Waals surface area contributed by atoms with Crippen molar-refractivity contribution in [2.45, 2.75) is 19.8 Å². The van der Waals surface area contributed by atoms with Gasteiger partial charge in [-0.1, -0.05) is 45.8 Å². The van der Waals surface area contributed by atoms with E-state index in [-0.39, 0.29) is 5.91 Å². The molecule has 2 nitrogen and oxygen atoms in total. The summed E-state index contributed by atoms with van der Waals surface area (Å²) < 4.78 is 0. The predicted octanol–water partition coefficient (Wildman–Crippen LogP) is 2.44. The van der Waals surface area contributed by atoms with Crippen LogP contribution in [0, 0.1) is 6.92 Å². The van der Waals surface area contributed by atoms with Crippen LogP contribution in [0.15, 0.2) is 24.3 Å². The number of rotatable bonds is 5. The summed E-state index contributed by atoms with van der Waals surface area (Å²) in [6, 6.07) is 8.36. The number of alkyl halides is 1. The lowest BCUT2D eigenvalue weighted by atomic mass is 10.1. The zero-order valence-electron chi connectivity index (χ0n) is 8.92. The first-order chi connectivity index (χ1) is 7.22. The van der Waals surface area contributed by atoms with Crippen molar-refractivity contribution in [3.05, 3.63) is 35.4 Å². The third-order valence-electron chi connectivity index (χ3n) is 2.14. The predicted molar refractivity (Wildman–Crippen MR) is 66.3 cm³/mol. The fourth-order valence-electron chi connectivity index (χ4n) is 1.39. The normalized spacial score (nSPS) is 10.0. The van der Waals surface area contributed by atoms with Gasteiger partial charge in [0.1, 0.15) is 0 Å². The Morgan fingerprint density at radius 2 is 2.27 bits per heavy atom. The van der Waals surface area contributed by atoms with E-state index in [1.165, 1.54) is 11.1 Å². The van der Waals surface area contributed by atoms with E-state index in [1.54, 1.807) is 0 Å². The molecule has 0 fully saturated rings. The fraction of sp³-hybridized carbons (Fsp3) is 0.417. The zero-order valence-corrected chi connectivity index (χ0v) is 10.5. The number of carbonyl (C=O) groups is 1. The van der Waals surface area contributed by atoms with Crippen LogP contribution in [-0.4, -0.2) is 17.8 Å². The van der Waals surface area contributed by atoms with Crippen molar-refractivity contribution >= 4 is 21.8 Å². The molecule has 0 bridgehead atoms. The number of hydrogen-bond donors (Lipinski definition) is 1. The first-order valence-corrected chi connectivity index (χ1v) is 6.22. The molecule has 3 heteroatoms. The second-order valence-electron chi connectivity index (χ2n) is 3.53. The summed E-state index contributed by atoms with van der Waals surface area (Å²) in [5.74, 6) is 0.111. The van der Waals surface area contributed by atoms with Crippen LogP contribution in [0.4, 0.5) is 0 Å². The molecule has 1 aromatic carbocycles. The Morgan fingerprint density at radius 3 is 2.93 bits per heavy atom. The summed E-state index contributed by atoms with van der Waals surface area (Å²) in [5, 5.41) is 3.61. The maximum atomic E-state index is 11.2. The molecule has 0 unspecified atom stereocenters. The molecule has 0 saturated carbocycles. The van der Waals surface area contributed by atoms with Gasteiger partial charge in [-0.2, -0.15) is 0 Å². The standard InChI is InChI=1S/C12H16BrNO/c1-10-3-2-4-11(9-10)6-8-14-12(15)5-7-13/h2-4,9H,5-8H2,1H3,(H,14,15). The summed E-state index contributed by atoms with van der Waals surface area (Å²) in [7, 11) is 0. The molecule has 0 heterocycles. The molecule has 1 N–H and O–H groups in total. The van der Waals surface area contributed by atoms with Gasteiger partial charge in [-0.25, -0.2) is 0 Å².